The maximum absolute atomic E-state index is 11.1. The number of carbonyl (C=O) groups is 1. The van der Waals surface area contributed by atoms with Gasteiger partial charge >= 0.3 is 5.97 Å². The van der Waals surface area contributed by atoms with Crippen molar-refractivity contribution >= 4 is 21.9 Å². The molecule has 0 saturated heterocycles. The molecule has 70 valence electrons. The fourth-order valence-corrected chi connectivity index (χ4v) is 1.06. The Morgan fingerprint density at radius 2 is 1.77 bits per heavy atom. The SMILES string of the molecule is COC(=O)c1nc(C)c(Br)c(C)n1. The summed E-state index contributed by atoms with van der Waals surface area (Å²) in [7, 11) is 1.30. The fraction of sp³-hybridized carbons (Fsp3) is 0.375. The first kappa shape index (κ1) is 10.1. The van der Waals surface area contributed by atoms with Crippen molar-refractivity contribution in [2.24, 2.45) is 0 Å². The zero-order chi connectivity index (χ0) is 10.0. The lowest BCUT2D eigenvalue weighted by molar-refractivity contribution is 0.0586. The molecule has 0 atom stereocenters. The normalized spacial score (nSPS) is 9.85. The Kier molecular flexibility index (Phi) is 2.98. The topological polar surface area (TPSA) is 52.1 Å². The number of aryl methyl sites for hydroxylation is 2. The van der Waals surface area contributed by atoms with Crippen LogP contribution in [0.2, 0.25) is 0 Å². The van der Waals surface area contributed by atoms with Crippen LogP contribution in [0.3, 0.4) is 0 Å². The standard InChI is InChI=1S/C8H9BrN2O2/c1-4-6(9)5(2)11-7(10-4)8(12)13-3/h1-3H3. The minimum atomic E-state index is -0.515. The number of nitrogens with zero attached hydrogens (tertiary/aromatic N) is 2. The van der Waals surface area contributed by atoms with Gasteiger partial charge in [0.05, 0.1) is 23.0 Å². The van der Waals surface area contributed by atoms with Gasteiger partial charge in [-0.05, 0) is 29.8 Å². The molecule has 0 aliphatic carbocycles. The number of hydrogen-bond donors (Lipinski definition) is 0. The van der Waals surface area contributed by atoms with Gasteiger partial charge in [0.2, 0.25) is 5.82 Å². The van der Waals surface area contributed by atoms with E-state index in [0.717, 1.165) is 15.9 Å². The van der Waals surface area contributed by atoms with Gasteiger partial charge in [-0.3, -0.25) is 0 Å². The second-order valence-corrected chi connectivity index (χ2v) is 3.32. The van der Waals surface area contributed by atoms with Crippen molar-refractivity contribution in [2.45, 2.75) is 13.8 Å². The molecule has 5 heteroatoms. The fourth-order valence-electron chi connectivity index (χ4n) is 0.885. The number of carbonyl (C=O) groups excluding carboxylic acids is 1. The van der Waals surface area contributed by atoms with Gasteiger partial charge in [-0.15, -0.1) is 0 Å². The Hall–Kier alpha value is -0.970. The van der Waals surface area contributed by atoms with Gasteiger partial charge in [0, 0.05) is 0 Å². The molecule has 0 saturated carbocycles. The van der Waals surface area contributed by atoms with Gasteiger partial charge in [-0.2, -0.15) is 0 Å². The summed E-state index contributed by atoms with van der Waals surface area (Å²) in [5.74, 6) is -0.417. The maximum atomic E-state index is 11.1. The molecule has 0 spiro atoms. The van der Waals surface area contributed by atoms with Crippen LogP contribution in [0.15, 0.2) is 4.47 Å². The first-order valence-electron chi connectivity index (χ1n) is 3.65. The average molecular weight is 245 g/mol. The first-order valence-corrected chi connectivity index (χ1v) is 4.44. The first-order chi connectivity index (χ1) is 6.06. The molecule has 0 N–H and O–H groups in total. The highest BCUT2D eigenvalue weighted by Gasteiger charge is 2.12. The minimum Gasteiger partial charge on any atom is -0.463 e. The number of halogens is 1. The van der Waals surface area contributed by atoms with Crippen molar-refractivity contribution in [3.05, 3.63) is 21.7 Å². The van der Waals surface area contributed by atoms with E-state index in [-0.39, 0.29) is 5.82 Å². The molecular weight excluding hydrogens is 236 g/mol. The van der Waals surface area contributed by atoms with Crippen LogP contribution in [-0.4, -0.2) is 23.0 Å². The Morgan fingerprint density at radius 3 is 2.15 bits per heavy atom. The predicted octanol–water partition coefficient (Wildman–Crippen LogP) is 1.64. The minimum absolute atomic E-state index is 0.0979. The average Bonchev–Trinajstić information content (AvgIpc) is 2.12. The van der Waals surface area contributed by atoms with E-state index in [1.807, 2.05) is 0 Å². The second-order valence-electron chi connectivity index (χ2n) is 2.52. The maximum Gasteiger partial charge on any atom is 0.376 e. The van der Waals surface area contributed by atoms with Crippen molar-refractivity contribution in [1.82, 2.24) is 9.97 Å². The second kappa shape index (κ2) is 3.83. The van der Waals surface area contributed by atoms with E-state index < -0.39 is 5.97 Å². The molecule has 1 rings (SSSR count). The molecule has 0 aliphatic heterocycles. The number of methoxy groups -OCH3 is 1. The van der Waals surface area contributed by atoms with E-state index in [9.17, 15) is 4.79 Å². The lowest BCUT2D eigenvalue weighted by Gasteiger charge is -2.03. The Labute approximate surface area is 84.5 Å². The van der Waals surface area contributed by atoms with Gasteiger partial charge in [0.15, 0.2) is 0 Å². The molecule has 1 aromatic rings. The van der Waals surface area contributed by atoms with Crippen molar-refractivity contribution in [3.63, 3.8) is 0 Å². The van der Waals surface area contributed by atoms with Crippen LogP contribution >= 0.6 is 15.9 Å². The van der Waals surface area contributed by atoms with E-state index in [2.05, 4.69) is 30.6 Å². The summed E-state index contributed by atoms with van der Waals surface area (Å²) in [5.41, 5.74) is 1.46. The molecule has 0 fully saturated rings. The summed E-state index contributed by atoms with van der Waals surface area (Å²) in [6.07, 6.45) is 0. The van der Waals surface area contributed by atoms with Crippen molar-refractivity contribution < 1.29 is 9.53 Å². The Balaban J connectivity index is 3.20. The Morgan fingerprint density at radius 1 is 1.31 bits per heavy atom. The number of rotatable bonds is 1. The van der Waals surface area contributed by atoms with Crippen LogP contribution < -0.4 is 0 Å². The third kappa shape index (κ3) is 2.03. The van der Waals surface area contributed by atoms with E-state index >= 15 is 0 Å². The third-order valence-electron chi connectivity index (χ3n) is 1.55. The quantitative estimate of drug-likeness (QED) is 0.706. The molecule has 0 aliphatic rings. The highest BCUT2D eigenvalue weighted by atomic mass is 79.9. The van der Waals surface area contributed by atoms with Crippen LogP contribution in [0.4, 0.5) is 0 Å². The lowest BCUT2D eigenvalue weighted by atomic mass is 10.3. The van der Waals surface area contributed by atoms with Crippen molar-refractivity contribution in [2.75, 3.05) is 7.11 Å². The number of esters is 1. The predicted molar refractivity (Wildman–Crippen MR) is 50.5 cm³/mol. The van der Waals surface area contributed by atoms with Gasteiger partial charge in [-0.1, -0.05) is 0 Å². The molecule has 0 amide bonds. The van der Waals surface area contributed by atoms with E-state index in [1.54, 1.807) is 13.8 Å². The van der Waals surface area contributed by atoms with Crippen LogP contribution in [-0.2, 0) is 4.74 Å². The highest BCUT2D eigenvalue weighted by molar-refractivity contribution is 9.10. The smallest absolute Gasteiger partial charge is 0.376 e. The molecule has 0 unspecified atom stereocenters. The molecule has 1 heterocycles. The van der Waals surface area contributed by atoms with Crippen molar-refractivity contribution in [3.8, 4) is 0 Å². The summed E-state index contributed by atoms with van der Waals surface area (Å²) in [5, 5.41) is 0. The van der Waals surface area contributed by atoms with Gasteiger partial charge in [-0.25, -0.2) is 14.8 Å². The lowest BCUT2D eigenvalue weighted by Crippen LogP contribution is -2.09. The number of aromatic nitrogens is 2. The summed E-state index contributed by atoms with van der Waals surface area (Å²) in [4.78, 5) is 19.0. The van der Waals surface area contributed by atoms with Gasteiger partial charge in [0.25, 0.3) is 0 Å². The summed E-state index contributed by atoms with van der Waals surface area (Å²) in [6.45, 7) is 3.59. The number of ether oxygens (including phenoxy) is 1. The summed E-state index contributed by atoms with van der Waals surface area (Å²) in [6, 6.07) is 0. The van der Waals surface area contributed by atoms with Gasteiger partial charge < -0.3 is 4.74 Å². The van der Waals surface area contributed by atoms with Crippen LogP contribution in [0.1, 0.15) is 22.0 Å². The summed E-state index contributed by atoms with van der Waals surface area (Å²) < 4.78 is 5.33. The third-order valence-corrected chi connectivity index (χ3v) is 2.70. The van der Waals surface area contributed by atoms with Crippen molar-refractivity contribution in [1.29, 1.82) is 0 Å². The van der Waals surface area contributed by atoms with Crippen LogP contribution in [0.5, 0.6) is 0 Å². The molecular formula is C8H9BrN2O2. The molecule has 13 heavy (non-hydrogen) atoms. The largest absolute Gasteiger partial charge is 0.463 e. The molecule has 0 radical (unpaired) electrons. The molecule has 4 nitrogen and oxygen atoms in total. The zero-order valence-electron chi connectivity index (χ0n) is 7.59. The molecule has 1 aromatic heterocycles. The summed E-state index contributed by atoms with van der Waals surface area (Å²) >= 11 is 3.31. The highest BCUT2D eigenvalue weighted by Crippen LogP contribution is 2.17. The molecule has 0 aromatic carbocycles. The molecule has 0 bridgehead atoms. The van der Waals surface area contributed by atoms with E-state index in [4.69, 9.17) is 0 Å². The van der Waals surface area contributed by atoms with E-state index in [0.29, 0.717) is 0 Å². The van der Waals surface area contributed by atoms with E-state index in [1.165, 1.54) is 7.11 Å². The van der Waals surface area contributed by atoms with Crippen LogP contribution in [0.25, 0.3) is 0 Å². The zero-order valence-corrected chi connectivity index (χ0v) is 9.17. The van der Waals surface area contributed by atoms with Gasteiger partial charge in [0.1, 0.15) is 0 Å². The number of hydrogen-bond acceptors (Lipinski definition) is 4. The monoisotopic (exact) mass is 244 g/mol. The Bertz CT molecular complexity index is 329. The van der Waals surface area contributed by atoms with Crippen LogP contribution in [0, 0.1) is 13.8 Å².